The standard InChI is InChI=1S/C9H16O.Li/c1-3-4-5-6-7-8-9(2)10;/h7-8,10H,2-6H2,1H3;/q;+1/p-1/b8-7+;. The van der Waals surface area contributed by atoms with Crippen molar-refractivity contribution in [1.82, 2.24) is 0 Å². The first kappa shape index (κ1) is 13.5. The summed E-state index contributed by atoms with van der Waals surface area (Å²) in [5, 5.41) is 10.3. The summed E-state index contributed by atoms with van der Waals surface area (Å²) in [5.74, 6) is -0.100. The van der Waals surface area contributed by atoms with Crippen molar-refractivity contribution in [3.8, 4) is 0 Å². The summed E-state index contributed by atoms with van der Waals surface area (Å²) < 4.78 is 0. The molecule has 58 valence electrons. The molecule has 0 aromatic rings. The van der Waals surface area contributed by atoms with Gasteiger partial charge in [-0.15, -0.1) is 12.3 Å². The fourth-order valence-electron chi connectivity index (χ4n) is 0.727. The number of rotatable bonds is 5. The van der Waals surface area contributed by atoms with E-state index in [1.54, 1.807) is 0 Å². The molecule has 0 saturated heterocycles. The first-order valence-electron chi connectivity index (χ1n) is 3.80. The smallest absolute Gasteiger partial charge is 0.873 e. The minimum absolute atomic E-state index is 0. The van der Waals surface area contributed by atoms with Gasteiger partial charge in [0.2, 0.25) is 0 Å². The van der Waals surface area contributed by atoms with Gasteiger partial charge in [-0.3, -0.25) is 0 Å². The molecule has 0 aromatic carbocycles. The third kappa shape index (κ3) is 13.0. The molecule has 0 spiro atoms. The second-order valence-corrected chi connectivity index (χ2v) is 2.36. The molecule has 0 rings (SSSR count). The van der Waals surface area contributed by atoms with E-state index in [1.165, 1.54) is 25.3 Å². The molecular weight excluding hydrogens is 131 g/mol. The summed E-state index contributed by atoms with van der Waals surface area (Å²) in [5.41, 5.74) is 0. The molecule has 0 atom stereocenters. The number of hydrogen-bond donors (Lipinski definition) is 0. The molecule has 1 nitrogen and oxygen atoms in total. The molecule has 0 saturated carbocycles. The predicted molar refractivity (Wildman–Crippen MR) is 42.4 cm³/mol. The number of unbranched alkanes of at least 4 members (excludes halogenated alkanes) is 3. The third-order valence-electron chi connectivity index (χ3n) is 1.28. The zero-order chi connectivity index (χ0) is 7.82. The molecule has 0 N–H and O–H groups in total. The van der Waals surface area contributed by atoms with Crippen LogP contribution in [0.15, 0.2) is 24.5 Å². The molecule has 11 heavy (non-hydrogen) atoms. The minimum atomic E-state index is -0.100. The maximum absolute atomic E-state index is 10.3. The molecule has 0 aliphatic heterocycles. The van der Waals surface area contributed by atoms with E-state index in [2.05, 4.69) is 13.5 Å². The Hall–Kier alpha value is -0.123. The summed E-state index contributed by atoms with van der Waals surface area (Å²) in [6.45, 7) is 5.39. The molecule has 0 radical (unpaired) electrons. The van der Waals surface area contributed by atoms with Crippen LogP contribution in [0.2, 0.25) is 0 Å². The fourth-order valence-corrected chi connectivity index (χ4v) is 0.727. The Bertz CT molecular complexity index is 119. The van der Waals surface area contributed by atoms with E-state index in [-0.39, 0.29) is 24.6 Å². The minimum Gasteiger partial charge on any atom is -0.873 e. The van der Waals surface area contributed by atoms with Gasteiger partial charge in [0.15, 0.2) is 0 Å². The topological polar surface area (TPSA) is 23.1 Å². The van der Waals surface area contributed by atoms with E-state index in [0.29, 0.717) is 0 Å². The van der Waals surface area contributed by atoms with Crippen LogP contribution in [0, 0.1) is 0 Å². The third-order valence-corrected chi connectivity index (χ3v) is 1.28. The van der Waals surface area contributed by atoms with Crippen LogP contribution in [0.1, 0.15) is 32.6 Å². The fraction of sp³-hybridized carbons (Fsp3) is 0.556. The zero-order valence-corrected chi connectivity index (χ0v) is 7.60. The molecule has 0 aliphatic rings. The van der Waals surface area contributed by atoms with E-state index < -0.39 is 0 Å². The Morgan fingerprint density at radius 3 is 2.55 bits per heavy atom. The number of allylic oxidation sites excluding steroid dienone is 2. The molecule has 0 bridgehead atoms. The van der Waals surface area contributed by atoms with E-state index in [9.17, 15) is 5.11 Å². The summed E-state index contributed by atoms with van der Waals surface area (Å²) in [7, 11) is 0. The van der Waals surface area contributed by atoms with Crippen molar-refractivity contribution in [3.05, 3.63) is 24.5 Å². The van der Waals surface area contributed by atoms with Gasteiger partial charge in [-0.25, -0.2) is 0 Å². The van der Waals surface area contributed by atoms with Crippen LogP contribution in [0.3, 0.4) is 0 Å². The largest absolute Gasteiger partial charge is 1.00 e. The van der Waals surface area contributed by atoms with Crippen molar-refractivity contribution in [2.24, 2.45) is 0 Å². The normalized spacial score (nSPS) is 9.55. The van der Waals surface area contributed by atoms with E-state index in [0.717, 1.165) is 6.42 Å². The second-order valence-electron chi connectivity index (χ2n) is 2.36. The van der Waals surface area contributed by atoms with Crippen LogP contribution in [0.4, 0.5) is 0 Å². The van der Waals surface area contributed by atoms with Crippen LogP contribution in [-0.2, 0) is 0 Å². The Labute approximate surface area is 81.4 Å². The monoisotopic (exact) mass is 146 g/mol. The first-order valence-corrected chi connectivity index (χ1v) is 3.80. The van der Waals surface area contributed by atoms with Crippen LogP contribution in [-0.4, -0.2) is 0 Å². The van der Waals surface area contributed by atoms with Gasteiger partial charge in [-0.2, -0.15) is 0 Å². The van der Waals surface area contributed by atoms with Gasteiger partial charge in [0.1, 0.15) is 0 Å². The first-order chi connectivity index (χ1) is 4.77. The van der Waals surface area contributed by atoms with Gasteiger partial charge in [-0.1, -0.05) is 31.9 Å². The van der Waals surface area contributed by atoms with Crippen molar-refractivity contribution in [3.63, 3.8) is 0 Å². The predicted octanol–water partition coefficient (Wildman–Crippen LogP) is -0.999. The van der Waals surface area contributed by atoms with Crippen molar-refractivity contribution in [1.29, 1.82) is 0 Å². The van der Waals surface area contributed by atoms with Crippen LogP contribution in [0.5, 0.6) is 0 Å². The second kappa shape index (κ2) is 9.88. The van der Waals surface area contributed by atoms with Crippen LogP contribution in [0.25, 0.3) is 0 Å². The summed E-state index contributed by atoms with van der Waals surface area (Å²) in [4.78, 5) is 0. The zero-order valence-electron chi connectivity index (χ0n) is 7.60. The van der Waals surface area contributed by atoms with Gasteiger partial charge in [0, 0.05) is 0 Å². The molecule has 0 unspecified atom stereocenters. The van der Waals surface area contributed by atoms with Crippen molar-refractivity contribution >= 4 is 0 Å². The summed E-state index contributed by atoms with van der Waals surface area (Å²) in [6, 6.07) is 0. The summed E-state index contributed by atoms with van der Waals surface area (Å²) >= 11 is 0. The van der Waals surface area contributed by atoms with Gasteiger partial charge in [-0.05, 0) is 12.8 Å². The quantitative estimate of drug-likeness (QED) is 0.211. The SMILES string of the molecule is C=C([O-])/C=C/CCCCC.[Li+]. The maximum atomic E-state index is 10.3. The van der Waals surface area contributed by atoms with E-state index in [4.69, 9.17) is 0 Å². The molecule has 0 heterocycles. The average molecular weight is 146 g/mol. The average Bonchev–Trinajstić information content (AvgIpc) is 1.87. The summed E-state index contributed by atoms with van der Waals surface area (Å²) in [6.07, 6.45) is 8.10. The van der Waals surface area contributed by atoms with Gasteiger partial charge < -0.3 is 5.11 Å². The van der Waals surface area contributed by atoms with E-state index >= 15 is 0 Å². The Morgan fingerprint density at radius 1 is 1.45 bits per heavy atom. The Kier molecular flexibility index (Phi) is 12.1. The van der Waals surface area contributed by atoms with Crippen molar-refractivity contribution in [2.75, 3.05) is 0 Å². The Morgan fingerprint density at radius 2 is 2.09 bits per heavy atom. The molecular formula is C9H15LiO. The van der Waals surface area contributed by atoms with Gasteiger partial charge in [0.25, 0.3) is 0 Å². The number of hydrogen-bond acceptors (Lipinski definition) is 1. The van der Waals surface area contributed by atoms with Crippen molar-refractivity contribution < 1.29 is 24.0 Å². The van der Waals surface area contributed by atoms with Gasteiger partial charge in [0.05, 0.1) is 0 Å². The molecule has 0 aromatic heterocycles. The molecule has 0 amide bonds. The maximum Gasteiger partial charge on any atom is 1.00 e. The van der Waals surface area contributed by atoms with Crippen molar-refractivity contribution in [2.45, 2.75) is 32.6 Å². The van der Waals surface area contributed by atoms with Crippen LogP contribution >= 0.6 is 0 Å². The molecule has 0 aliphatic carbocycles. The Balaban J connectivity index is 0. The van der Waals surface area contributed by atoms with Crippen LogP contribution < -0.4 is 24.0 Å². The molecule has 2 heteroatoms. The van der Waals surface area contributed by atoms with E-state index in [1.807, 2.05) is 6.08 Å². The van der Waals surface area contributed by atoms with Gasteiger partial charge >= 0.3 is 18.9 Å². The molecule has 0 fully saturated rings.